The molecule has 98 valence electrons. The molecule has 0 aliphatic heterocycles. The van der Waals surface area contributed by atoms with Crippen molar-refractivity contribution in [2.45, 2.75) is 25.8 Å². The van der Waals surface area contributed by atoms with Gasteiger partial charge in [-0.1, -0.05) is 12.1 Å². The number of aromatic nitrogens is 1. The number of fused-ring (bicyclic) bond motifs is 1. The van der Waals surface area contributed by atoms with E-state index < -0.39 is 0 Å². The molecule has 3 heteroatoms. The molecule has 0 bridgehead atoms. The zero-order chi connectivity index (χ0) is 13.1. The van der Waals surface area contributed by atoms with Crippen LogP contribution in [0.25, 0.3) is 0 Å². The maximum atomic E-state index is 5.81. The third-order valence-corrected chi connectivity index (χ3v) is 3.47. The van der Waals surface area contributed by atoms with E-state index in [-0.39, 0.29) is 0 Å². The molecule has 1 aliphatic carbocycles. The van der Waals surface area contributed by atoms with Crippen LogP contribution in [0.4, 0.5) is 0 Å². The first kappa shape index (κ1) is 12.2. The Morgan fingerprint density at radius 2 is 2.05 bits per heavy atom. The zero-order valence-corrected chi connectivity index (χ0v) is 11.1. The van der Waals surface area contributed by atoms with E-state index in [0.717, 1.165) is 17.9 Å². The molecule has 0 fully saturated rings. The number of ether oxygens (including phenoxy) is 1. The van der Waals surface area contributed by atoms with Crippen LogP contribution in [0, 0.1) is 0 Å². The van der Waals surface area contributed by atoms with Crippen molar-refractivity contribution in [3.05, 3.63) is 53.2 Å². The van der Waals surface area contributed by atoms with Crippen molar-refractivity contribution in [2.75, 3.05) is 7.05 Å². The van der Waals surface area contributed by atoms with Gasteiger partial charge in [0.1, 0.15) is 5.75 Å². The van der Waals surface area contributed by atoms with E-state index in [1.54, 1.807) is 0 Å². The minimum absolute atomic E-state index is 0.651. The highest BCUT2D eigenvalue weighted by molar-refractivity contribution is 5.39. The van der Waals surface area contributed by atoms with Gasteiger partial charge in [0, 0.05) is 18.8 Å². The fourth-order valence-corrected chi connectivity index (χ4v) is 2.51. The summed E-state index contributed by atoms with van der Waals surface area (Å²) in [5, 5.41) is 3.10. The highest BCUT2D eigenvalue weighted by Crippen LogP contribution is 2.28. The molecule has 3 nitrogen and oxygen atoms in total. The molecule has 0 saturated carbocycles. The lowest BCUT2D eigenvalue weighted by Crippen LogP contribution is -2.05. The summed E-state index contributed by atoms with van der Waals surface area (Å²) in [6.07, 6.45) is 5.47. The van der Waals surface area contributed by atoms with Crippen molar-refractivity contribution in [1.82, 2.24) is 10.3 Å². The van der Waals surface area contributed by atoms with Crippen molar-refractivity contribution < 1.29 is 4.74 Å². The van der Waals surface area contributed by atoms with E-state index in [4.69, 9.17) is 4.74 Å². The average Bonchev–Trinajstić information content (AvgIpc) is 2.89. The molecule has 3 rings (SSSR count). The summed E-state index contributed by atoms with van der Waals surface area (Å²) < 4.78 is 5.81. The third-order valence-electron chi connectivity index (χ3n) is 3.47. The second-order valence-corrected chi connectivity index (χ2v) is 4.92. The summed E-state index contributed by atoms with van der Waals surface area (Å²) in [6.45, 7) is 0.826. The Hall–Kier alpha value is -1.87. The molecule has 0 atom stereocenters. The van der Waals surface area contributed by atoms with Crippen molar-refractivity contribution >= 4 is 0 Å². The average molecular weight is 254 g/mol. The Balaban J connectivity index is 1.74. The molecular weight excluding hydrogens is 236 g/mol. The van der Waals surface area contributed by atoms with Gasteiger partial charge in [-0.05, 0) is 55.1 Å². The van der Waals surface area contributed by atoms with Gasteiger partial charge in [0.2, 0.25) is 5.88 Å². The van der Waals surface area contributed by atoms with E-state index in [9.17, 15) is 0 Å². The lowest BCUT2D eigenvalue weighted by Gasteiger charge is -2.07. The van der Waals surface area contributed by atoms with E-state index in [1.807, 2.05) is 31.4 Å². The number of benzene rings is 1. The minimum atomic E-state index is 0.651. The molecule has 0 radical (unpaired) electrons. The number of nitrogens with zero attached hydrogens (tertiary/aromatic N) is 1. The Morgan fingerprint density at radius 3 is 2.84 bits per heavy atom. The molecule has 1 aromatic carbocycles. The minimum Gasteiger partial charge on any atom is -0.439 e. The number of aryl methyl sites for hydroxylation is 2. The van der Waals surface area contributed by atoms with Gasteiger partial charge < -0.3 is 10.1 Å². The van der Waals surface area contributed by atoms with Gasteiger partial charge in [-0.25, -0.2) is 4.98 Å². The van der Waals surface area contributed by atoms with Crippen LogP contribution in [0.3, 0.4) is 0 Å². The summed E-state index contributed by atoms with van der Waals surface area (Å²) >= 11 is 0. The lowest BCUT2D eigenvalue weighted by atomic mass is 10.1. The van der Waals surface area contributed by atoms with Gasteiger partial charge in [0.05, 0.1) is 0 Å². The monoisotopic (exact) mass is 254 g/mol. The van der Waals surface area contributed by atoms with Gasteiger partial charge in [-0.2, -0.15) is 0 Å². The normalized spacial score (nSPS) is 13.3. The second-order valence-electron chi connectivity index (χ2n) is 4.92. The maximum Gasteiger partial charge on any atom is 0.219 e. The summed E-state index contributed by atoms with van der Waals surface area (Å²) in [6, 6.07) is 10.3. The molecule has 2 aromatic rings. The van der Waals surface area contributed by atoms with E-state index >= 15 is 0 Å². The molecule has 19 heavy (non-hydrogen) atoms. The Kier molecular flexibility index (Phi) is 3.47. The molecule has 1 aromatic heterocycles. The van der Waals surface area contributed by atoms with Gasteiger partial charge in [0.25, 0.3) is 0 Å². The van der Waals surface area contributed by atoms with E-state index in [1.165, 1.54) is 30.4 Å². The summed E-state index contributed by atoms with van der Waals surface area (Å²) in [7, 11) is 1.93. The first-order valence-electron chi connectivity index (χ1n) is 6.74. The number of hydrogen-bond donors (Lipinski definition) is 1. The van der Waals surface area contributed by atoms with Crippen molar-refractivity contribution in [3.63, 3.8) is 0 Å². The lowest BCUT2D eigenvalue weighted by molar-refractivity contribution is 0.462. The molecule has 0 saturated heterocycles. The van der Waals surface area contributed by atoms with Crippen LogP contribution >= 0.6 is 0 Å². The van der Waals surface area contributed by atoms with Crippen molar-refractivity contribution in [2.24, 2.45) is 0 Å². The third kappa shape index (κ3) is 2.76. The first-order valence-corrected chi connectivity index (χ1v) is 6.74. The standard InChI is InChI=1S/C16H18N2O/c1-17-10-12-5-8-16(18-11-12)19-15-7-6-13-3-2-4-14(13)9-15/h5-9,11,17H,2-4,10H2,1H3. The van der Waals surface area contributed by atoms with Crippen molar-refractivity contribution in [3.8, 4) is 11.6 Å². The Bertz CT molecular complexity index is 563. The largest absolute Gasteiger partial charge is 0.439 e. The Labute approximate surface area is 113 Å². The molecule has 1 N–H and O–H groups in total. The zero-order valence-electron chi connectivity index (χ0n) is 11.1. The van der Waals surface area contributed by atoms with Crippen LogP contribution in [0.1, 0.15) is 23.1 Å². The summed E-state index contributed by atoms with van der Waals surface area (Å²) in [5.41, 5.74) is 4.04. The van der Waals surface area contributed by atoms with E-state index in [0.29, 0.717) is 5.88 Å². The highest BCUT2D eigenvalue weighted by atomic mass is 16.5. The molecule has 0 unspecified atom stereocenters. The van der Waals surface area contributed by atoms with Crippen LogP contribution in [0.5, 0.6) is 11.6 Å². The fourth-order valence-electron chi connectivity index (χ4n) is 2.51. The highest BCUT2D eigenvalue weighted by Gasteiger charge is 2.11. The second kappa shape index (κ2) is 5.41. The number of hydrogen-bond acceptors (Lipinski definition) is 3. The predicted octanol–water partition coefficient (Wildman–Crippen LogP) is 3.08. The quantitative estimate of drug-likeness (QED) is 0.910. The molecular formula is C16H18N2O. The van der Waals surface area contributed by atoms with Crippen LogP contribution in [0.2, 0.25) is 0 Å². The van der Waals surface area contributed by atoms with Crippen LogP contribution in [-0.4, -0.2) is 12.0 Å². The van der Waals surface area contributed by atoms with Gasteiger partial charge in [-0.15, -0.1) is 0 Å². The maximum absolute atomic E-state index is 5.81. The molecule has 1 heterocycles. The topological polar surface area (TPSA) is 34.1 Å². The van der Waals surface area contributed by atoms with Gasteiger partial charge >= 0.3 is 0 Å². The van der Waals surface area contributed by atoms with Crippen LogP contribution in [0.15, 0.2) is 36.5 Å². The smallest absolute Gasteiger partial charge is 0.219 e. The fraction of sp³-hybridized carbons (Fsp3) is 0.312. The first-order chi connectivity index (χ1) is 9.35. The van der Waals surface area contributed by atoms with Gasteiger partial charge in [-0.3, -0.25) is 0 Å². The Morgan fingerprint density at radius 1 is 1.16 bits per heavy atom. The van der Waals surface area contributed by atoms with E-state index in [2.05, 4.69) is 22.4 Å². The summed E-state index contributed by atoms with van der Waals surface area (Å²) in [5.74, 6) is 1.53. The molecule has 1 aliphatic rings. The number of pyridine rings is 1. The SMILES string of the molecule is CNCc1ccc(Oc2ccc3c(c2)CCC3)nc1. The summed E-state index contributed by atoms with van der Waals surface area (Å²) in [4.78, 5) is 4.32. The number of nitrogens with one attached hydrogen (secondary N) is 1. The number of rotatable bonds is 4. The van der Waals surface area contributed by atoms with Crippen molar-refractivity contribution in [1.29, 1.82) is 0 Å². The molecule has 0 spiro atoms. The molecule has 0 amide bonds. The van der Waals surface area contributed by atoms with Crippen LogP contribution < -0.4 is 10.1 Å². The predicted molar refractivity (Wildman–Crippen MR) is 75.5 cm³/mol. The van der Waals surface area contributed by atoms with Crippen LogP contribution in [-0.2, 0) is 19.4 Å². The van der Waals surface area contributed by atoms with Gasteiger partial charge in [0.15, 0.2) is 0 Å².